The molecule has 0 aliphatic carbocycles. The molecule has 0 radical (unpaired) electrons. The van der Waals surface area contributed by atoms with Gasteiger partial charge in [-0.05, 0) is 24.6 Å². The lowest BCUT2D eigenvalue weighted by Crippen LogP contribution is -2.28. The van der Waals surface area contributed by atoms with Crippen LogP contribution in [0.2, 0.25) is 0 Å². The number of pyridine rings is 1. The third-order valence-electron chi connectivity index (χ3n) is 3.98. The van der Waals surface area contributed by atoms with Crippen molar-refractivity contribution in [2.24, 2.45) is 0 Å². The lowest BCUT2D eigenvalue weighted by Gasteiger charge is -2.26. The minimum atomic E-state index is 0.340. The van der Waals surface area contributed by atoms with Gasteiger partial charge in [0, 0.05) is 33.4 Å². The summed E-state index contributed by atoms with van der Waals surface area (Å²) in [6, 6.07) is 6.19. The van der Waals surface area contributed by atoms with Crippen LogP contribution in [0, 0.1) is 0 Å². The van der Waals surface area contributed by atoms with Gasteiger partial charge in [-0.25, -0.2) is 0 Å². The average Bonchev–Trinajstić information content (AvgIpc) is 2.60. The van der Waals surface area contributed by atoms with E-state index in [2.05, 4.69) is 45.7 Å². The van der Waals surface area contributed by atoms with E-state index < -0.39 is 0 Å². The normalized spacial score (nSPS) is 18.7. The molecule has 0 atom stereocenters. The number of benzene rings is 1. The highest BCUT2D eigenvalue weighted by molar-refractivity contribution is 9.10. The standard InChI is InChI=1S/C16H20BrN3S/c1-16(2)5-6-20(7-8-21-16)15-12-9-11(17)3-4-14(12)19-10-13(15)18/h3-4,9-10H,5-8,18H2,1-2H3. The summed E-state index contributed by atoms with van der Waals surface area (Å²) in [6.07, 6.45) is 2.95. The molecule has 1 aromatic carbocycles. The Kier molecular flexibility index (Phi) is 4.06. The van der Waals surface area contributed by atoms with Crippen LogP contribution in [0.5, 0.6) is 0 Å². The molecule has 0 amide bonds. The van der Waals surface area contributed by atoms with Crippen molar-refractivity contribution in [2.75, 3.05) is 29.5 Å². The van der Waals surface area contributed by atoms with Crippen molar-refractivity contribution in [3.8, 4) is 0 Å². The first-order valence-corrected chi connectivity index (χ1v) is 8.97. The zero-order chi connectivity index (χ0) is 15.0. The topological polar surface area (TPSA) is 42.1 Å². The largest absolute Gasteiger partial charge is 0.396 e. The third-order valence-corrected chi connectivity index (χ3v) is 5.85. The minimum absolute atomic E-state index is 0.340. The molecule has 0 bridgehead atoms. The molecule has 3 rings (SSSR count). The van der Waals surface area contributed by atoms with Crippen LogP contribution in [0.15, 0.2) is 28.9 Å². The van der Waals surface area contributed by atoms with Crippen LogP contribution in [0.1, 0.15) is 20.3 Å². The van der Waals surface area contributed by atoms with E-state index in [9.17, 15) is 0 Å². The second-order valence-corrected chi connectivity index (χ2v) is 8.79. The molecule has 1 saturated heterocycles. The maximum atomic E-state index is 6.26. The fourth-order valence-corrected chi connectivity index (χ4v) is 4.22. The van der Waals surface area contributed by atoms with Gasteiger partial charge in [0.25, 0.3) is 0 Å². The van der Waals surface area contributed by atoms with E-state index in [0.29, 0.717) is 4.75 Å². The van der Waals surface area contributed by atoms with Crippen LogP contribution in [0.25, 0.3) is 10.9 Å². The van der Waals surface area contributed by atoms with Crippen molar-refractivity contribution in [3.05, 3.63) is 28.9 Å². The Labute approximate surface area is 138 Å². The summed E-state index contributed by atoms with van der Waals surface area (Å²) in [6.45, 7) is 6.72. The molecule has 1 aromatic heterocycles. The molecule has 2 N–H and O–H groups in total. The van der Waals surface area contributed by atoms with Crippen molar-refractivity contribution in [3.63, 3.8) is 0 Å². The highest BCUT2D eigenvalue weighted by Crippen LogP contribution is 2.37. The first-order chi connectivity index (χ1) is 9.96. The molecule has 0 unspecified atom stereocenters. The number of rotatable bonds is 1. The summed E-state index contributed by atoms with van der Waals surface area (Å²) < 4.78 is 1.40. The zero-order valence-corrected chi connectivity index (χ0v) is 14.8. The molecule has 1 aliphatic rings. The molecule has 112 valence electrons. The van der Waals surface area contributed by atoms with Gasteiger partial charge >= 0.3 is 0 Å². The lowest BCUT2D eigenvalue weighted by molar-refractivity contribution is 0.638. The molecule has 3 nitrogen and oxygen atoms in total. The number of hydrogen-bond donors (Lipinski definition) is 1. The van der Waals surface area contributed by atoms with Gasteiger partial charge in [0.1, 0.15) is 0 Å². The van der Waals surface area contributed by atoms with Crippen molar-refractivity contribution in [2.45, 2.75) is 25.0 Å². The first kappa shape index (κ1) is 15.0. The summed E-state index contributed by atoms with van der Waals surface area (Å²) in [5.74, 6) is 1.13. The molecule has 2 heterocycles. The number of anilines is 2. The maximum Gasteiger partial charge on any atom is 0.0745 e. The van der Waals surface area contributed by atoms with Gasteiger partial charge < -0.3 is 10.6 Å². The summed E-state index contributed by atoms with van der Waals surface area (Å²) in [7, 11) is 0. The van der Waals surface area contributed by atoms with E-state index in [-0.39, 0.29) is 0 Å². The monoisotopic (exact) mass is 365 g/mol. The van der Waals surface area contributed by atoms with Gasteiger partial charge in [0.05, 0.1) is 23.1 Å². The highest BCUT2D eigenvalue weighted by atomic mass is 79.9. The first-order valence-electron chi connectivity index (χ1n) is 7.19. The Morgan fingerprint density at radius 2 is 2.14 bits per heavy atom. The van der Waals surface area contributed by atoms with Crippen LogP contribution in [0.3, 0.4) is 0 Å². The van der Waals surface area contributed by atoms with Gasteiger partial charge in [0.15, 0.2) is 0 Å². The molecule has 1 aliphatic heterocycles. The Bertz CT molecular complexity index is 667. The summed E-state index contributed by atoms with van der Waals surface area (Å²) in [4.78, 5) is 6.88. The van der Waals surface area contributed by atoms with E-state index in [0.717, 1.165) is 52.0 Å². The number of thioether (sulfide) groups is 1. The number of hydrogen-bond acceptors (Lipinski definition) is 4. The van der Waals surface area contributed by atoms with E-state index in [1.165, 1.54) is 0 Å². The quantitative estimate of drug-likeness (QED) is 0.817. The highest BCUT2D eigenvalue weighted by Gasteiger charge is 2.25. The fraction of sp³-hybridized carbons (Fsp3) is 0.438. The van der Waals surface area contributed by atoms with Crippen molar-refractivity contribution in [1.29, 1.82) is 0 Å². The molecule has 5 heteroatoms. The van der Waals surface area contributed by atoms with E-state index >= 15 is 0 Å². The number of fused-ring (bicyclic) bond motifs is 1. The average molecular weight is 366 g/mol. The number of nitrogen functional groups attached to an aromatic ring is 1. The van der Waals surface area contributed by atoms with E-state index in [4.69, 9.17) is 5.73 Å². The zero-order valence-electron chi connectivity index (χ0n) is 12.4. The van der Waals surface area contributed by atoms with Gasteiger partial charge in [0.2, 0.25) is 0 Å². The molecule has 0 spiro atoms. The molecular weight excluding hydrogens is 346 g/mol. The lowest BCUT2D eigenvalue weighted by atomic mass is 10.1. The minimum Gasteiger partial charge on any atom is -0.396 e. The number of nitrogens with two attached hydrogens (primary N) is 1. The summed E-state index contributed by atoms with van der Waals surface area (Å²) >= 11 is 5.60. The van der Waals surface area contributed by atoms with Gasteiger partial charge in [-0.2, -0.15) is 11.8 Å². The van der Waals surface area contributed by atoms with E-state index in [1.54, 1.807) is 6.20 Å². The van der Waals surface area contributed by atoms with Gasteiger partial charge in [-0.1, -0.05) is 29.8 Å². The van der Waals surface area contributed by atoms with Crippen LogP contribution < -0.4 is 10.6 Å². The Morgan fingerprint density at radius 1 is 1.33 bits per heavy atom. The Hall–Kier alpha value is -0.940. The Balaban J connectivity index is 2.06. The van der Waals surface area contributed by atoms with Crippen molar-refractivity contribution in [1.82, 2.24) is 4.98 Å². The number of nitrogens with zero attached hydrogens (tertiary/aromatic N) is 2. The van der Waals surface area contributed by atoms with Crippen molar-refractivity contribution >= 4 is 50.0 Å². The maximum absolute atomic E-state index is 6.26. The SMILES string of the molecule is CC1(C)CCN(c2c(N)cnc3ccc(Br)cc23)CCS1. The summed E-state index contributed by atoms with van der Waals surface area (Å²) in [5, 5.41) is 1.13. The van der Waals surface area contributed by atoms with Crippen LogP contribution in [-0.4, -0.2) is 28.6 Å². The van der Waals surface area contributed by atoms with Gasteiger partial charge in [-0.3, -0.25) is 4.98 Å². The van der Waals surface area contributed by atoms with Gasteiger partial charge in [-0.15, -0.1) is 0 Å². The third kappa shape index (κ3) is 3.14. The molecule has 0 saturated carbocycles. The van der Waals surface area contributed by atoms with Crippen LogP contribution in [-0.2, 0) is 0 Å². The molecule has 2 aromatic rings. The molecule has 21 heavy (non-hydrogen) atoms. The molecular formula is C16H20BrN3S. The second kappa shape index (κ2) is 5.69. The number of aromatic nitrogens is 1. The molecule has 1 fully saturated rings. The predicted octanol–water partition coefficient (Wildman–Crippen LogP) is 4.30. The van der Waals surface area contributed by atoms with Crippen molar-refractivity contribution < 1.29 is 0 Å². The van der Waals surface area contributed by atoms with Crippen LogP contribution >= 0.6 is 27.7 Å². The fourth-order valence-electron chi connectivity index (χ4n) is 2.76. The second-order valence-electron chi connectivity index (χ2n) is 6.07. The predicted molar refractivity (Wildman–Crippen MR) is 97.2 cm³/mol. The summed E-state index contributed by atoms with van der Waals surface area (Å²) in [5.41, 5.74) is 9.17. The van der Waals surface area contributed by atoms with Crippen LogP contribution in [0.4, 0.5) is 11.4 Å². The smallest absolute Gasteiger partial charge is 0.0745 e. The van der Waals surface area contributed by atoms with E-state index in [1.807, 2.05) is 23.9 Å². The number of halogens is 1. The Morgan fingerprint density at radius 3 is 2.95 bits per heavy atom.